The van der Waals surface area contributed by atoms with Gasteiger partial charge >= 0.3 is 5.97 Å². The molecule has 0 atom stereocenters. The van der Waals surface area contributed by atoms with E-state index in [1.165, 1.54) is 22.9 Å². The Balaban J connectivity index is 1.75. The maximum atomic E-state index is 12.1. The Bertz CT molecular complexity index is 720. The van der Waals surface area contributed by atoms with Crippen molar-refractivity contribution in [2.75, 3.05) is 12.4 Å². The van der Waals surface area contributed by atoms with Crippen LogP contribution in [-0.4, -0.2) is 28.8 Å². The number of carbonyl (C=O) groups excluding carboxylic acids is 2. The minimum atomic E-state index is -0.375. The predicted molar refractivity (Wildman–Crippen MR) is 96.3 cm³/mol. The van der Waals surface area contributed by atoms with E-state index < -0.39 is 0 Å². The number of rotatable bonds is 8. The van der Waals surface area contributed by atoms with Crippen LogP contribution in [0.3, 0.4) is 0 Å². The molecule has 0 unspecified atom stereocenters. The first-order valence-corrected chi connectivity index (χ1v) is 8.44. The molecule has 25 heavy (non-hydrogen) atoms. The van der Waals surface area contributed by atoms with Gasteiger partial charge in [-0.15, -0.1) is 0 Å². The number of methoxy groups -OCH3 is 1. The molecular weight excluding hydrogens is 318 g/mol. The Morgan fingerprint density at radius 1 is 1.16 bits per heavy atom. The first-order valence-electron chi connectivity index (χ1n) is 8.44. The van der Waals surface area contributed by atoms with E-state index in [1.54, 1.807) is 6.20 Å². The first kappa shape index (κ1) is 18.7. The molecule has 134 valence electrons. The Hall–Kier alpha value is -2.63. The van der Waals surface area contributed by atoms with Crippen molar-refractivity contribution >= 4 is 17.6 Å². The summed E-state index contributed by atoms with van der Waals surface area (Å²) in [6.45, 7) is 3.92. The maximum absolute atomic E-state index is 12.1. The summed E-state index contributed by atoms with van der Waals surface area (Å²) in [5.41, 5.74) is 3.92. The number of hydrogen-bond acceptors (Lipinski definition) is 4. The van der Waals surface area contributed by atoms with Gasteiger partial charge in [-0.3, -0.25) is 14.3 Å². The molecule has 0 saturated carbocycles. The molecule has 0 bridgehead atoms. The van der Waals surface area contributed by atoms with Gasteiger partial charge < -0.3 is 10.1 Å². The minimum absolute atomic E-state index is 0.0365. The fourth-order valence-corrected chi connectivity index (χ4v) is 2.50. The molecule has 1 N–H and O–H groups in total. The second kappa shape index (κ2) is 9.01. The number of ether oxygens (including phenoxy) is 1. The van der Waals surface area contributed by atoms with Gasteiger partial charge in [0.15, 0.2) is 0 Å². The van der Waals surface area contributed by atoms with E-state index in [0.29, 0.717) is 12.1 Å². The molecule has 2 aromatic rings. The van der Waals surface area contributed by atoms with Crippen molar-refractivity contribution in [1.82, 2.24) is 9.78 Å². The second-order valence-corrected chi connectivity index (χ2v) is 6.12. The van der Waals surface area contributed by atoms with E-state index >= 15 is 0 Å². The number of aryl methyl sites for hydroxylation is 2. The third-order valence-electron chi connectivity index (χ3n) is 4.12. The van der Waals surface area contributed by atoms with E-state index in [4.69, 9.17) is 0 Å². The summed E-state index contributed by atoms with van der Waals surface area (Å²) in [5.74, 6) is -0.412. The van der Waals surface area contributed by atoms with Gasteiger partial charge in [0, 0.05) is 6.42 Å². The number of unbranched alkanes of at least 4 members (excludes halogenated alkanes) is 1. The number of nitrogens with zero attached hydrogens (tertiary/aromatic N) is 2. The molecule has 6 heteroatoms. The number of aromatic nitrogens is 2. The summed E-state index contributed by atoms with van der Waals surface area (Å²) in [7, 11) is 1.33. The zero-order valence-corrected chi connectivity index (χ0v) is 15.0. The number of anilines is 1. The smallest absolute Gasteiger partial charge is 0.327 e. The van der Waals surface area contributed by atoms with E-state index in [1.807, 2.05) is 6.92 Å². The van der Waals surface area contributed by atoms with Crippen LogP contribution in [0.25, 0.3) is 0 Å². The molecule has 0 fully saturated rings. The Labute approximate surface area is 148 Å². The molecular formula is C19H25N3O3. The van der Waals surface area contributed by atoms with Crippen LogP contribution >= 0.6 is 0 Å². The Kier molecular flexibility index (Phi) is 6.74. The fourth-order valence-electron chi connectivity index (χ4n) is 2.50. The monoisotopic (exact) mass is 343 g/mol. The van der Waals surface area contributed by atoms with Gasteiger partial charge in [0.2, 0.25) is 5.91 Å². The first-order chi connectivity index (χ1) is 12.0. The quantitative estimate of drug-likeness (QED) is 0.591. The summed E-state index contributed by atoms with van der Waals surface area (Å²) in [4.78, 5) is 23.4. The summed E-state index contributed by atoms with van der Waals surface area (Å²) in [5, 5.41) is 6.95. The molecule has 1 aromatic carbocycles. The molecule has 0 saturated heterocycles. The van der Waals surface area contributed by atoms with Crippen molar-refractivity contribution in [3.8, 4) is 0 Å². The lowest BCUT2D eigenvalue weighted by atomic mass is 10.1. The highest BCUT2D eigenvalue weighted by molar-refractivity contribution is 5.91. The summed E-state index contributed by atoms with van der Waals surface area (Å²) >= 11 is 0. The fraction of sp³-hybridized carbons (Fsp3) is 0.421. The van der Waals surface area contributed by atoms with Crippen molar-refractivity contribution < 1.29 is 14.3 Å². The van der Waals surface area contributed by atoms with Crippen molar-refractivity contribution in [1.29, 1.82) is 0 Å². The number of benzene rings is 1. The molecule has 2 rings (SSSR count). The van der Waals surface area contributed by atoms with Crippen molar-refractivity contribution in [3.63, 3.8) is 0 Å². The zero-order valence-electron chi connectivity index (χ0n) is 15.0. The molecule has 1 heterocycles. The van der Waals surface area contributed by atoms with Crippen LogP contribution in [0.5, 0.6) is 0 Å². The summed E-state index contributed by atoms with van der Waals surface area (Å²) in [6.07, 6.45) is 4.80. The third kappa shape index (κ3) is 5.74. The van der Waals surface area contributed by atoms with Gasteiger partial charge in [0.25, 0.3) is 0 Å². The average molecular weight is 343 g/mol. The molecule has 0 spiro atoms. The van der Waals surface area contributed by atoms with Crippen molar-refractivity contribution in [3.05, 3.63) is 47.3 Å². The highest BCUT2D eigenvalue weighted by Gasteiger charge is 2.12. The lowest BCUT2D eigenvalue weighted by molar-refractivity contribution is -0.141. The largest absolute Gasteiger partial charge is 0.468 e. The van der Waals surface area contributed by atoms with Crippen LogP contribution in [0, 0.1) is 13.8 Å². The van der Waals surface area contributed by atoms with Gasteiger partial charge in [-0.05, 0) is 38.7 Å². The molecule has 6 nitrogen and oxygen atoms in total. The highest BCUT2D eigenvalue weighted by Crippen LogP contribution is 2.15. The predicted octanol–water partition coefficient (Wildman–Crippen LogP) is 3.02. The molecule has 0 aliphatic carbocycles. The SMILES string of the molecule is COC(=O)Cn1ncc(NC(=O)CCCCc2ccc(C)cc2)c1C. The molecule has 0 aliphatic rings. The van der Waals surface area contributed by atoms with Crippen LogP contribution in [0.2, 0.25) is 0 Å². The summed E-state index contributed by atoms with van der Waals surface area (Å²) in [6, 6.07) is 8.48. The van der Waals surface area contributed by atoms with Crippen molar-refractivity contribution in [2.24, 2.45) is 0 Å². The average Bonchev–Trinajstić information content (AvgIpc) is 2.93. The van der Waals surface area contributed by atoms with Crippen LogP contribution < -0.4 is 5.32 Å². The number of carbonyl (C=O) groups is 2. The lowest BCUT2D eigenvalue weighted by Gasteiger charge is -2.06. The number of amides is 1. The highest BCUT2D eigenvalue weighted by atomic mass is 16.5. The number of nitrogens with one attached hydrogen (secondary N) is 1. The van der Waals surface area contributed by atoms with Gasteiger partial charge in [-0.2, -0.15) is 5.10 Å². The number of esters is 1. The van der Waals surface area contributed by atoms with E-state index in [0.717, 1.165) is 25.0 Å². The maximum Gasteiger partial charge on any atom is 0.327 e. The molecule has 1 amide bonds. The van der Waals surface area contributed by atoms with Crippen LogP contribution in [-0.2, 0) is 27.3 Å². The van der Waals surface area contributed by atoms with Gasteiger partial charge in [-0.1, -0.05) is 29.8 Å². The van der Waals surface area contributed by atoms with Gasteiger partial charge in [0.1, 0.15) is 6.54 Å². The Morgan fingerprint density at radius 2 is 1.88 bits per heavy atom. The Morgan fingerprint density at radius 3 is 2.56 bits per heavy atom. The molecule has 0 aliphatic heterocycles. The lowest BCUT2D eigenvalue weighted by Crippen LogP contribution is -2.15. The van der Waals surface area contributed by atoms with Crippen LogP contribution in [0.1, 0.15) is 36.1 Å². The standard InChI is InChI=1S/C19H25N3O3/c1-14-8-10-16(11-9-14)6-4-5-7-18(23)21-17-12-20-22(15(17)2)13-19(24)25-3/h8-12H,4-7,13H2,1-3H3,(H,21,23). The van der Waals surface area contributed by atoms with Crippen molar-refractivity contribution in [2.45, 2.75) is 46.1 Å². The van der Waals surface area contributed by atoms with Gasteiger partial charge in [-0.25, -0.2) is 0 Å². The zero-order chi connectivity index (χ0) is 18.2. The third-order valence-corrected chi connectivity index (χ3v) is 4.12. The van der Waals surface area contributed by atoms with E-state index in [-0.39, 0.29) is 18.4 Å². The topological polar surface area (TPSA) is 73.2 Å². The van der Waals surface area contributed by atoms with Crippen LogP contribution in [0.15, 0.2) is 30.5 Å². The normalized spacial score (nSPS) is 10.5. The van der Waals surface area contributed by atoms with Gasteiger partial charge in [0.05, 0.1) is 24.7 Å². The molecule has 1 aromatic heterocycles. The van der Waals surface area contributed by atoms with E-state index in [2.05, 4.69) is 46.3 Å². The second-order valence-electron chi connectivity index (χ2n) is 6.12. The minimum Gasteiger partial charge on any atom is -0.468 e. The molecule has 0 radical (unpaired) electrons. The number of hydrogen-bond donors (Lipinski definition) is 1. The van der Waals surface area contributed by atoms with Crippen LogP contribution in [0.4, 0.5) is 5.69 Å². The van der Waals surface area contributed by atoms with E-state index in [9.17, 15) is 9.59 Å². The summed E-state index contributed by atoms with van der Waals surface area (Å²) < 4.78 is 6.13.